The zero-order valence-electron chi connectivity index (χ0n) is 10.2. The molecule has 93 valence electrons. The Morgan fingerprint density at radius 2 is 1.71 bits per heavy atom. The molecule has 0 N–H and O–H groups in total. The average Bonchev–Trinajstić information content (AvgIpc) is 2.98. The molecule has 2 aromatic rings. The van der Waals surface area contributed by atoms with E-state index < -0.39 is 0 Å². The summed E-state index contributed by atoms with van der Waals surface area (Å²) < 4.78 is 0. The zero-order chi connectivity index (χ0) is 11.6. The Morgan fingerprint density at radius 3 is 2.12 bits per heavy atom. The monoisotopic (exact) mass is 287 g/mol. The molecule has 0 amide bonds. The van der Waals surface area contributed by atoms with E-state index in [0.717, 1.165) is 6.42 Å². The maximum absolute atomic E-state index is 5.32. The van der Waals surface area contributed by atoms with E-state index >= 15 is 0 Å². The Balaban J connectivity index is 0.000000360. The van der Waals surface area contributed by atoms with Gasteiger partial charge in [-0.25, -0.2) is 24.3 Å². The molecule has 0 aliphatic heterocycles. The van der Waals surface area contributed by atoms with E-state index in [1.54, 1.807) is 0 Å². The number of hydrogen-bond donors (Lipinski definition) is 0. The Bertz CT molecular complexity index is 306. The SMILES string of the molecule is CCCCC([S-])[c-]1cccc1.[Fe+3].c1cc[cH-]c1. The summed E-state index contributed by atoms with van der Waals surface area (Å²) in [5, 5.41) is 0.338. The van der Waals surface area contributed by atoms with Gasteiger partial charge in [0.25, 0.3) is 0 Å². The van der Waals surface area contributed by atoms with Crippen molar-refractivity contribution in [1.29, 1.82) is 0 Å². The summed E-state index contributed by atoms with van der Waals surface area (Å²) in [4.78, 5) is 0. The molecule has 1 radical (unpaired) electrons. The third-order valence-electron chi connectivity index (χ3n) is 2.44. The molecule has 2 rings (SSSR count). The first-order valence-electron chi connectivity index (χ1n) is 5.88. The third-order valence-corrected chi connectivity index (χ3v) is 2.94. The third kappa shape index (κ3) is 7.49. The van der Waals surface area contributed by atoms with Crippen LogP contribution in [0.4, 0.5) is 0 Å². The average molecular weight is 287 g/mol. The van der Waals surface area contributed by atoms with Crippen molar-refractivity contribution in [2.45, 2.75) is 31.4 Å². The summed E-state index contributed by atoms with van der Waals surface area (Å²) in [5.74, 6) is 0. The van der Waals surface area contributed by atoms with Crippen LogP contribution < -0.4 is 0 Å². The van der Waals surface area contributed by atoms with E-state index in [0.29, 0.717) is 5.25 Å². The van der Waals surface area contributed by atoms with Gasteiger partial charge in [0.1, 0.15) is 0 Å². The van der Waals surface area contributed by atoms with Crippen LogP contribution >= 0.6 is 0 Å². The minimum Gasteiger partial charge on any atom is -0.797 e. The summed E-state index contributed by atoms with van der Waals surface area (Å²) in [5.41, 5.74) is 1.31. The summed E-state index contributed by atoms with van der Waals surface area (Å²) in [6.07, 6.45) is 3.64. The molecular weight excluding hydrogens is 268 g/mol. The van der Waals surface area contributed by atoms with Crippen LogP contribution in [0.5, 0.6) is 0 Å². The van der Waals surface area contributed by atoms with E-state index in [4.69, 9.17) is 12.6 Å². The molecule has 2 heteroatoms. The van der Waals surface area contributed by atoms with Crippen molar-refractivity contribution in [3.8, 4) is 0 Å². The number of rotatable bonds is 4. The second-order valence-electron chi connectivity index (χ2n) is 3.81. The molecule has 0 aliphatic rings. The van der Waals surface area contributed by atoms with Crippen LogP contribution in [0.1, 0.15) is 37.0 Å². The molecular formula is C15H19FeS. The minimum absolute atomic E-state index is 0. The topological polar surface area (TPSA) is 0 Å². The molecule has 0 aliphatic carbocycles. The Hall–Kier alpha value is -0.431. The summed E-state index contributed by atoms with van der Waals surface area (Å²) in [7, 11) is 0. The first kappa shape index (κ1) is 16.6. The molecule has 0 saturated heterocycles. The summed E-state index contributed by atoms with van der Waals surface area (Å²) >= 11 is 5.32. The Morgan fingerprint density at radius 1 is 1.12 bits per heavy atom. The van der Waals surface area contributed by atoms with Gasteiger partial charge in [-0.1, -0.05) is 26.2 Å². The van der Waals surface area contributed by atoms with Gasteiger partial charge in [0.05, 0.1) is 0 Å². The molecule has 0 fully saturated rings. The normalized spacial score (nSPS) is 10.9. The molecule has 0 bridgehead atoms. The maximum Gasteiger partial charge on any atom is 3.00 e. The minimum atomic E-state index is 0. The van der Waals surface area contributed by atoms with E-state index in [-0.39, 0.29) is 17.1 Å². The fourth-order valence-corrected chi connectivity index (χ4v) is 1.80. The van der Waals surface area contributed by atoms with Gasteiger partial charge >= 0.3 is 17.1 Å². The molecule has 2 aromatic carbocycles. The van der Waals surface area contributed by atoms with Gasteiger partial charge in [-0.15, -0.1) is 0 Å². The van der Waals surface area contributed by atoms with Crippen molar-refractivity contribution in [3.63, 3.8) is 0 Å². The van der Waals surface area contributed by atoms with Crippen LogP contribution in [-0.4, -0.2) is 0 Å². The van der Waals surface area contributed by atoms with Crippen LogP contribution in [0.25, 0.3) is 0 Å². The smallest absolute Gasteiger partial charge is 0.797 e. The van der Waals surface area contributed by atoms with Crippen LogP contribution in [0.15, 0.2) is 54.6 Å². The van der Waals surface area contributed by atoms with Gasteiger partial charge in [-0.2, -0.15) is 41.1 Å². The second kappa shape index (κ2) is 10.7. The van der Waals surface area contributed by atoms with E-state index in [1.807, 2.05) is 30.3 Å². The molecule has 1 unspecified atom stereocenters. The van der Waals surface area contributed by atoms with Gasteiger partial charge in [0.15, 0.2) is 0 Å². The van der Waals surface area contributed by atoms with E-state index in [1.165, 1.54) is 18.4 Å². The van der Waals surface area contributed by atoms with E-state index in [9.17, 15) is 0 Å². The molecule has 17 heavy (non-hydrogen) atoms. The standard InChI is InChI=1S/C10H15S.C5H5.Fe/c1-2-3-8-10(11)9-6-4-5-7-9;1-2-4-5-3-1;/h4-7,10-11H,2-3,8H2,1H3;1-5H;/q2*-1;+3/p-1. The van der Waals surface area contributed by atoms with Crippen LogP contribution in [0.3, 0.4) is 0 Å². The molecule has 0 heterocycles. The maximum atomic E-state index is 5.32. The van der Waals surface area contributed by atoms with Crippen LogP contribution in [0.2, 0.25) is 0 Å². The zero-order valence-corrected chi connectivity index (χ0v) is 12.1. The Labute approximate surface area is 121 Å². The number of unbranched alkanes of at least 4 members (excludes halogenated alkanes) is 1. The second-order valence-corrected chi connectivity index (χ2v) is 4.38. The van der Waals surface area contributed by atoms with Crippen molar-refractivity contribution in [1.82, 2.24) is 0 Å². The first-order valence-corrected chi connectivity index (χ1v) is 6.36. The van der Waals surface area contributed by atoms with Crippen molar-refractivity contribution in [2.24, 2.45) is 0 Å². The quantitative estimate of drug-likeness (QED) is 0.450. The van der Waals surface area contributed by atoms with Crippen molar-refractivity contribution < 1.29 is 17.1 Å². The Kier molecular flexibility index (Phi) is 10.4. The van der Waals surface area contributed by atoms with Gasteiger partial charge in [0.2, 0.25) is 0 Å². The van der Waals surface area contributed by atoms with Crippen LogP contribution in [-0.2, 0) is 29.7 Å². The van der Waals surface area contributed by atoms with E-state index in [2.05, 4.69) is 31.2 Å². The predicted molar refractivity (Wildman–Crippen MR) is 73.7 cm³/mol. The van der Waals surface area contributed by atoms with Crippen molar-refractivity contribution in [2.75, 3.05) is 0 Å². The first-order chi connectivity index (χ1) is 7.84. The van der Waals surface area contributed by atoms with Gasteiger partial charge in [0, 0.05) is 0 Å². The number of hydrogen-bond acceptors (Lipinski definition) is 1. The molecule has 0 nitrogen and oxygen atoms in total. The largest absolute Gasteiger partial charge is 3.00 e. The van der Waals surface area contributed by atoms with Crippen molar-refractivity contribution in [3.05, 3.63) is 60.2 Å². The fraction of sp³-hybridized carbons (Fsp3) is 0.333. The molecule has 1 atom stereocenters. The van der Waals surface area contributed by atoms with Gasteiger partial charge in [-0.05, 0) is 0 Å². The van der Waals surface area contributed by atoms with Crippen LogP contribution in [0, 0.1) is 0 Å². The van der Waals surface area contributed by atoms with Gasteiger partial charge < -0.3 is 12.6 Å². The molecule has 0 aromatic heterocycles. The summed E-state index contributed by atoms with van der Waals surface area (Å²) in [6.45, 7) is 2.20. The molecule has 0 spiro atoms. The fourth-order valence-electron chi connectivity index (χ4n) is 1.48. The predicted octanol–water partition coefficient (Wildman–Crippen LogP) is 4.59. The summed E-state index contributed by atoms with van der Waals surface area (Å²) in [6, 6.07) is 18.3. The molecule has 0 saturated carbocycles. The van der Waals surface area contributed by atoms with Crippen molar-refractivity contribution >= 4 is 12.6 Å². The van der Waals surface area contributed by atoms with Gasteiger partial charge in [-0.3, -0.25) is 0 Å².